The smallest absolute Gasteiger partial charge is 0.317 e. The van der Waals surface area contributed by atoms with E-state index in [9.17, 15) is 9.59 Å². The van der Waals surface area contributed by atoms with Crippen LogP contribution in [-0.4, -0.2) is 48.5 Å². The van der Waals surface area contributed by atoms with Gasteiger partial charge in [0.15, 0.2) is 11.9 Å². The first kappa shape index (κ1) is 29.0. The monoisotopic (exact) mass is 581 g/mol. The number of Topliss-reactive ketones (excluding diaryl/α,β-unsaturated/α-hetero) is 1. The Bertz CT molecular complexity index is 1020. The van der Waals surface area contributed by atoms with Crippen molar-refractivity contribution in [3.05, 3.63) is 71.8 Å². The molecular formula is C33H44BrNO3. The van der Waals surface area contributed by atoms with Crippen molar-refractivity contribution in [2.24, 2.45) is 5.92 Å². The molecule has 1 aliphatic carbocycles. The minimum Gasteiger partial charge on any atom is -1.00 e. The number of carbonyl (C=O) groups excluding carboxylic acids is 2. The third-order valence-corrected chi connectivity index (χ3v) is 9.50. The maximum atomic E-state index is 13.9. The molecule has 0 amide bonds. The van der Waals surface area contributed by atoms with Crippen LogP contribution < -0.4 is 17.0 Å². The summed E-state index contributed by atoms with van der Waals surface area (Å²) in [6.07, 6.45) is 12.1. The molecule has 206 valence electrons. The normalized spacial score (nSPS) is 26.1. The second-order valence-corrected chi connectivity index (χ2v) is 12.0. The molecule has 0 radical (unpaired) electrons. The minimum atomic E-state index is -0.511. The van der Waals surface area contributed by atoms with Crippen molar-refractivity contribution >= 4 is 11.8 Å². The minimum absolute atomic E-state index is 0. The van der Waals surface area contributed by atoms with Crippen LogP contribution in [0.1, 0.15) is 81.8 Å². The molecule has 1 atom stereocenters. The molecule has 4 aliphatic rings. The average molecular weight is 583 g/mol. The van der Waals surface area contributed by atoms with E-state index in [1.54, 1.807) is 0 Å². The van der Waals surface area contributed by atoms with Gasteiger partial charge in [-0.05, 0) is 43.2 Å². The highest BCUT2D eigenvalue weighted by molar-refractivity contribution is 5.83. The van der Waals surface area contributed by atoms with Crippen LogP contribution in [0.3, 0.4) is 0 Å². The molecule has 0 N–H and O–H groups in total. The molecule has 2 aromatic carbocycles. The number of carbonyl (C=O) groups is 2. The molecule has 0 spiro atoms. The van der Waals surface area contributed by atoms with Crippen molar-refractivity contribution in [2.75, 3.05) is 26.2 Å². The highest BCUT2D eigenvalue weighted by Crippen LogP contribution is 2.42. The van der Waals surface area contributed by atoms with Crippen LogP contribution in [0.4, 0.5) is 0 Å². The Morgan fingerprint density at radius 1 is 0.842 bits per heavy atom. The second kappa shape index (κ2) is 13.4. The summed E-state index contributed by atoms with van der Waals surface area (Å²) in [4.78, 5) is 27.0. The largest absolute Gasteiger partial charge is 1.00 e. The molecule has 5 heteroatoms. The van der Waals surface area contributed by atoms with Crippen LogP contribution in [0.2, 0.25) is 0 Å². The number of ether oxygens (including phenoxy) is 1. The van der Waals surface area contributed by atoms with Crippen molar-refractivity contribution < 1.29 is 35.8 Å². The van der Waals surface area contributed by atoms with Gasteiger partial charge in [0.2, 0.25) is 0 Å². The van der Waals surface area contributed by atoms with Crippen molar-refractivity contribution in [1.29, 1.82) is 0 Å². The lowest BCUT2D eigenvalue weighted by Gasteiger charge is -2.52. The number of fused-ring (bicyclic) bond motifs is 3. The summed E-state index contributed by atoms with van der Waals surface area (Å²) in [6.45, 7) is 3.53. The van der Waals surface area contributed by atoms with Gasteiger partial charge < -0.3 is 26.2 Å². The lowest BCUT2D eigenvalue weighted by Crippen LogP contribution is -3.00. The predicted molar refractivity (Wildman–Crippen MR) is 147 cm³/mol. The first-order valence-corrected chi connectivity index (χ1v) is 14.8. The van der Waals surface area contributed by atoms with Crippen LogP contribution in [0.25, 0.3) is 0 Å². The van der Waals surface area contributed by atoms with E-state index >= 15 is 0 Å². The molecule has 2 aromatic rings. The van der Waals surface area contributed by atoms with E-state index in [0.29, 0.717) is 24.7 Å². The standard InChI is InChI=1S/C33H44NO3.BrH/c35-30(18-10-9-15-27-13-5-3-6-14-27)25-34-23-19-28(20-24-34)31(26-34)37-32(36)33(21-11-1-2-12-22-33)29-16-7-4-8-17-29;/h3-8,13-14,16-17,28,31H,1-2,9-12,15,18-26H2;1H/q+1;/p-1/t28?,31-,34?;/m0./s1. The van der Waals surface area contributed by atoms with Gasteiger partial charge in [-0.15, -0.1) is 0 Å². The molecule has 38 heavy (non-hydrogen) atoms. The summed E-state index contributed by atoms with van der Waals surface area (Å²) >= 11 is 0. The highest BCUT2D eigenvalue weighted by Gasteiger charge is 2.50. The number of unbranched alkanes of at least 4 members (excludes halogenated alkanes) is 1. The summed E-state index contributed by atoms with van der Waals surface area (Å²) in [7, 11) is 0. The molecule has 3 heterocycles. The van der Waals surface area contributed by atoms with Gasteiger partial charge in [0.05, 0.1) is 18.5 Å². The molecule has 6 rings (SSSR count). The first-order valence-electron chi connectivity index (χ1n) is 14.8. The molecule has 4 fully saturated rings. The van der Waals surface area contributed by atoms with Gasteiger partial charge in [-0.1, -0.05) is 86.3 Å². The topological polar surface area (TPSA) is 43.4 Å². The third kappa shape index (κ3) is 6.77. The van der Waals surface area contributed by atoms with E-state index in [4.69, 9.17) is 4.74 Å². The maximum Gasteiger partial charge on any atom is 0.317 e. The Morgan fingerprint density at radius 2 is 1.47 bits per heavy atom. The number of aryl methyl sites for hydroxylation is 1. The summed E-state index contributed by atoms with van der Waals surface area (Å²) in [5.74, 6) is 0.816. The molecule has 0 aromatic heterocycles. The zero-order valence-corrected chi connectivity index (χ0v) is 24.4. The Balaban J connectivity index is 0.00000336. The summed E-state index contributed by atoms with van der Waals surface area (Å²) < 4.78 is 7.29. The number of hydrogen-bond acceptors (Lipinski definition) is 3. The van der Waals surface area contributed by atoms with Gasteiger partial charge in [-0.2, -0.15) is 0 Å². The number of halogens is 1. The second-order valence-electron chi connectivity index (χ2n) is 12.0. The van der Waals surface area contributed by atoms with Gasteiger partial charge in [0, 0.05) is 25.2 Å². The number of hydrogen-bond donors (Lipinski definition) is 0. The number of quaternary nitrogens is 1. The summed E-state index contributed by atoms with van der Waals surface area (Å²) in [5.41, 5.74) is 1.96. The van der Waals surface area contributed by atoms with Gasteiger partial charge in [0.1, 0.15) is 13.1 Å². The van der Waals surface area contributed by atoms with E-state index in [1.807, 2.05) is 12.1 Å². The highest BCUT2D eigenvalue weighted by atomic mass is 79.9. The van der Waals surface area contributed by atoms with Crippen molar-refractivity contribution in [3.63, 3.8) is 0 Å². The lowest BCUT2D eigenvalue weighted by atomic mass is 9.74. The Hall–Kier alpha value is -1.98. The number of ketones is 1. The van der Waals surface area contributed by atoms with Crippen LogP contribution >= 0.6 is 0 Å². The molecule has 4 nitrogen and oxygen atoms in total. The zero-order valence-electron chi connectivity index (χ0n) is 22.8. The number of nitrogens with zero attached hydrogens (tertiary/aromatic N) is 1. The molecule has 3 aliphatic heterocycles. The zero-order chi connectivity index (χ0) is 25.6. The van der Waals surface area contributed by atoms with Crippen molar-refractivity contribution in [3.8, 4) is 0 Å². The number of esters is 1. The van der Waals surface area contributed by atoms with Crippen molar-refractivity contribution in [2.45, 2.75) is 88.6 Å². The Kier molecular flexibility index (Phi) is 10.2. The SMILES string of the molecule is O=C(CCCCc1ccccc1)C[N+]12CCC(CC1)[C@@H](OC(=O)C1(c3ccccc3)CCCCCC1)C2.[Br-]. The van der Waals surface area contributed by atoms with Crippen LogP contribution in [-0.2, 0) is 26.2 Å². The van der Waals surface area contributed by atoms with Gasteiger partial charge in [-0.25, -0.2) is 0 Å². The molecular weight excluding hydrogens is 538 g/mol. The van der Waals surface area contributed by atoms with Gasteiger partial charge in [-0.3, -0.25) is 9.59 Å². The molecule has 0 unspecified atom stereocenters. The first-order chi connectivity index (χ1) is 18.1. The van der Waals surface area contributed by atoms with Gasteiger partial charge >= 0.3 is 5.97 Å². The lowest BCUT2D eigenvalue weighted by molar-refractivity contribution is -0.939. The van der Waals surface area contributed by atoms with E-state index in [0.717, 1.165) is 87.5 Å². The predicted octanol–water partition coefficient (Wildman–Crippen LogP) is 3.42. The number of benzene rings is 2. The maximum absolute atomic E-state index is 13.9. The average Bonchev–Trinajstić information content (AvgIpc) is 3.20. The molecule has 2 bridgehead atoms. The molecule has 1 saturated carbocycles. The Labute approximate surface area is 239 Å². The fraction of sp³-hybridized carbons (Fsp3) is 0.576. The van der Waals surface area contributed by atoms with E-state index < -0.39 is 5.41 Å². The van der Waals surface area contributed by atoms with Crippen molar-refractivity contribution in [1.82, 2.24) is 0 Å². The van der Waals surface area contributed by atoms with Crippen LogP contribution in [0.15, 0.2) is 60.7 Å². The fourth-order valence-corrected chi connectivity index (χ4v) is 7.28. The Morgan fingerprint density at radius 3 is 2.13 bits per heavy atom. The fourth-order valence-electron chi connectivity index (χ4n) is 7.28. The third-order valence-electron chi connectivity index (χ3n) is 9.50. The molecule has 3 saturated heterocycles. The quantitative estimate of drug-likeness (QED) is 0.187. The van der Waals surface area contributed by atoms with E-state index in [1.165, 1.54) is 18.4 Å². The van der Waals surface area contributed by atoms with E-state index in [2.05, 4.69) is 48.5 Å². The van der Waals surface area contributed by atoms with E-state index in [-0.39, 0.29) is 29.1 Å². The summed E-state index contributed by atoms with van der Waals surface area (Å²) in [5, 5.41) is 0. The van der Waals surface area contributed by atoms with Crippen LogP contribution in [0, 0.1) is 5.92 Å². The summed E-state index contributed by atoms with van der Waals surface area (Å²) in [6, 6.07) is 20.9. The van der Waals surface area contributed by atoms with Gasteiger partial charge in [0.25, 0.3) is 0 Å². The van der Waals surface area contributed by atoms with Crippen LogP contribution in [0.5, 0.6) is 0 Å². The number of piperidine rings is 3. The number of rotatable bonds is 10.